The number of aromatic nitrogens is 5. The van der Waals surface area contributed by atoms with Crippen LogP contribution in [0.2, 0.25) is 0 Å². The van der Waals surface area contributed by atoms with E-state index in [1.54, 1.807) is 36.1 Å². The van der Waals surface area contributed by atoms with Gasteiger partial charge in [0, 0.05) is 28.9 Å². The maximum Gasteiger partial charge on any atom is 0.307 e. The van der Waals surface area contributed by atoms with Gasteiger partial charge in [-0.15, -0.1) is 16.3 Å². The van der Waals surface area contributed by atoms with Crippen molar-refractivity contribution in [3.8, 4) is 0 Å². The molecular formula is C20H19N9O5S2. The number of hydrogen-bond acceptors (Lipinski definition) is 12. The number of nitrogens with two attached hydrogens (primary N) is 1. The SMILES string of the molecule is CCO/N=C(\C(=O)N[C@@H]1C(=O)N2C(C(=O)[O-])=C(C[n+]3ccn4ncccc43)CS[C@H]12)c1nsc(N)n1. The number of fused-ring (bicyclic) bond motifs is 2. The first-order chi connectivity index (χ1) is 17.4. The maximum absolute atomic E-state index is 13.0. The molecule has 3 aromatic heterocycles. The largest absolute Gasteiger partial charge is 0.543 e. The molecule has 36 heavy (non-hydrogen) atoms. The Kier molecular flexibility index (Phi) is 6.27. The van der Waals surface area contributed by atoms with Gasteiger partial charge in [0.05, 0.1) is 17.9 Å². The van der Waals surface area contributed by atoms with Crippen molar-refractivity contribution in [1.82, 2.24) is 29.2 Å². The molecule has 0 saturated carbocycles. The second-order valence-electron chi connectivity index (χ2n) is 7.67. The van der Waals surface area contributed by atoms with E-state index in [4.69, 9.17) is 10.6 Å². The van der Waals surface area contributed by atoms with Gasteiger partial charge in [-0.1, -0.05) is 10.3 Å². The summed E-state index contributed by atoms with van der Waals surface area (Å²) in [7, 11) is 0. The Morgan fingerprint density at radius 2 is 2.28 bits per heavy atom. The molecule has 186 valence electrons. The highest BCUT2D eigenvalue weighted by Crippen LogP contribution is 2.40. The van der Waals surface area contributed by atoms with Crippen molar-refractivity contribution in [2.24, 2.45) is 5.16 Å². The highest BCUT2D eigenvalue weighted by Gasteiger charge is 2.53. The number of nitrogens with zero attached hydrogens (tertiary/aromatic N) is 7. The molecule has 2 atom stereocenters. The molecule has 2 amide bonds. The molecular weight excluding hydrogens is 510 g/mol. The standard InChI is InChI=1S/C20H19N9O5S2/c1-2-34-25-12(15-24-20(21)36-26-15)16(30)23-13-17(31)29-14(19(32)33)10(9-35-18(13)29)8-27-6-7-28-11(27)4-3-5-22-28/h3-7,13,18H,2,8-9H2,1H3,(H3-,21,23,24,26,30,32,33)/b25-12-/t13-,18-/m1/s1. The van der Waals surface area contributed by atoms with E-state index >= 15 is 0 Å². The van der Waals surface area contributed by atoms with E-state index in [0.29, 0.717) is 11.3 Å². The molecule has 0 bridgehead atoms. The summed E-state index contributed by atoms with van der Waals surface area (Å²) in [5.41, 5.74) is 6.45. The molecule has 5 heterocycles. The zero-order chi connectivity index (χ0) is 25.4. The zero-order valence-corrected chi connectivity index (χ0v) is 20.4. The minimum absolute atomic E-state index is 0.0349. The Morgan fingerprint density at radius 3 is 3.00 bits per heavy atom. The number of thioether (sulfide) groups is 1. The summed E-state index contributed by atoms with van der Waals surface area (Å²) in [5.74, 6) is -2.50. The molecule has 0 unspecified atom stereocenters. The number of amides is 2. The van der Waals surface area contributed by atoms with Crippen LogP contribution in [0.1, 0.15) is 12.7 Å². The Morgan fingerprint density at radius 1 is 1.44 bits per heavy atom. The summed E-state index contributed by atoms with van der Waals surface area (Å²) in [6, 6.07) is 2.64. The van der Waals surface area contributed by atoms with Crippen LogP contribution in [-0.2, 0) is 25.8 Å². The second kappa shape index (κ2) is 9.54. The number of hydrogen-bond donors (Lipinski definition) is 2. The van der Waals surface area contributed by atoms with Crippen molar-refractivity contribution in [2.45, 2.75) is 24.9 Å². The molecule has 1 fully saturated rings. The number of imidazole rings is 1. The number of carbonyl (C=O) groups is 3. The number of aliphatic carboxylic acids is 1. The Hall–Kier alpha value is -4.05. The number of carboxylic acid groups (broad SMARTS) is 1. The van der Waals surface area contributed by atoms with Crippen molar-refractivity contribution >= 4 is 57.6 Å². The van der Waals surface area contributed by atoms with Crippen LogP contribution < -0.4 is 20.7 Å². The van der Waals surface area contributed by atoms with Crippen LogP contribution in [0.15, 0.2) is 47.1 Å². The predicted molar refractivity (Wildman–Crippen MR) is 125 cm³/mol. The lowest BCUT2D eigenvalue weighted by molar-refractivity contribution is -0.662. The van der Waals surface area contributed by atoms with Crippen LogP contribution in [0.5, 0.6) is 0 Å². The molecule has 16 heteroatoms. The first-order valence-corrected chi connectivity index (χ1v) is 12.5. The number of carboxylic acids is 1. The van der Waals surface area contributed by atoms with Crippen LogP contribution in [0.4, 0.5) is 5.13 Å². The van der Waals surface area contributed by atoms with Gasteiger partial charge in [-0.2, -0.15) is 9.36 Å². The Balaban J connectivity index is 1.37. The Labute approximate surface area is 211 Å². The third kappa shape index (κ3) is 4.13. The first-order valence-electron chi connectivity index (χ1n) is 10.7. The van der Waals surface area contributed by atoms with Crippen LogP contribution in [0.25, 0.3) is 5.65 Å². The van der Waals surface area contributed by atoms with Gasteiger partial charge >= 0.3 is 5.65 Å². The van der Waals surface area contributed by atoms with E-state index in [0.717, 1.165) is 22.1 Å². The molecule has 1 saturated heterocycles. The van der Waals surface area contributed by atoms with E-state index in [1.807, 2.05) is 10.6 Å². The van der Waals surface area contributed by atoms with Crippen LogP contribution >= 0.6 is 23.3 Å². The van der Waals surface area contributed by atoms with Gasteiger partial charge in [0.2, 0.25) is 11.5 Å². The van der Waals surface area contributed by atoms with Crippen molar-refractivity contribution in [2.75, 3.05) is 18.1 Å². The summed E-state index contributed by atoms with van der Waals surface area (Å²) < 4.78 is 7.46. The van der Waals surface area contributed by atoms with E-state index in [1.165, 1.54) is 11.8 Å². The third-order valence-corrected chi connectivity index (χ3v) is 7.36. The van der Waals surface area contributed by atoms with Crippen LogP contribution in [0, 0.1) is 0 Å². The second-order valence-corrected chi connectivity index (χ2v) is 9.56. The van der Waals surface area contributed by atoms with E-state index in [9.17, 15) is 19.5 Å². The lowest BCUT2D eigenvalue weighted by Crippen LogP contribution is -2.71. The minimum Gasteiger partial charge on any atom is -0.543 e. The van der Waals surface area contributed by atoms with Gasteiger partial charge in [0.25, 0.3) is 11.8 Å². The molecule has 5 rings (SSSR count). The van der Waals surface area contributed by atoms with E-state index in [-0.39, 0.29) is 35.5 Å². The summed E-state index contributed by atoms with van der Waals surface area (Å²) in [5, 5.41) is 22.2. The fraction of sp³-hybridized carbons (Fsp3) is 0.300. The molecule has 2 aliphatic rings. The van der Waals surface area contributed by atoms with Gasteiger partial charge in [-0.25, -0.2) is 4.57 Å². The first kappa shape index (κ1) is 23.7. The number of nitrogens with one attached hydrogen (secondary N) is 1. The topological polar surface area (TPSA) is 184 Å². The number of anilines is 1. The summed E-state index contributed by atoms with van der Waals surface area (Å²) in [6.07, 6.45) is 5.17. The average molecular weight is 530 g/mol. The lowest BCUT2D eigenvalue weighted by Gasteiger charge is -2.50. The van der Waals surface area contributed by atoms with Crippen LogP contribution in [0.3, 0.4) is 0 Å². The van der Waals surface area contributed by atoms with Gasteiger partial charge < -0.3 is 25.8 Å². The van der Waals surface area contributed by atoms with Crippen molar-refractivity contribution in [1.29, 1.82) is 0 Å². The van der Waals surface area contributed by atoms with E-state index < -0.39 is 29.2 Å². The number of oxime groups is 1. The highest BCUT2D eigenvalue weighted by molar-refractivity contribution is 8.00. The summed E-state index contributed by atoms with van der Waals surface area (Å²) >= 11 is 2.22. The van der Waals surface area contributed by atoms with Crippen molar-refractivity contribution in [3.05, 3.63) is 47.8 Å². The fourth-order valence-corrected chi connectivity index (χ4v) is 5.69. The van der Waals surface area contributed by atoms with Gasteiger partial charge in [-0.05, 0) is 13.0 Å². The lowest BCUT2D eigenvalue weighted by atomic mass is 10.0. The summed E-state index contributed by atoms with van der Waals surface area (Å²) in [6.45, 7) is 2.11. The molecule has 0 spiro atoms. The van der Waals surface area contributed by atoms with Crippen molar-refractivity contribution in [3.63, 3.8) is 0 Å². The average Bonchev–Trinajstić information content (AvgIpc) is 3.48. The zero-order valence-electron chi connectivity index (χ0n) is 18.7. The number of β-lactam (4-membered cyclic amide) rings is 1. The van der Waals surface area contributed by atoms with Gasteiger partial charge in [0.15, 0.2) is 11.3 Å². The monoisotopic (exact) mass is 529 g/mol. The molecule has 3 aromatic rings. The third-order valence-electron chi connectivity index (χ3n) is 5.48. The van der Waals surface area contributed by atoms with Crippen molar-refractivity contribution < 1.29 is 28.9 Å². The number of nitrogen functional groups attached to an aromatic ring is 1. The highest BCUT2D eigenvalue weighted by atomic mass is 32.2. The fourth-order valence-electron chi connectivity index (χ4n) is 3.92. The molecule has 0 aliphatic carbocycles. The van der Waals surface area contributed by atoms with Crippen LogP contribution in [-0.4, -0.2) is 71.1 Å². The molecule has 0 aromatic carbocycles. The van der Waals surface area contributed by atoms with Gasteiger partial charge in [-0.3, -0.25) is 14.5 Å². The van der Waals surface area contributed by atoms with Gasteiger partial charge in [0.1, 0.15) is 30.8 Å². The molecule has 0 radical (unpaired) electrons. The quantitative estimate of drug-likeness (QED) is 0.142. The summed E-state index contributed by atoms with van der Waals surface area (Å²) in [4.78, 5) is 48.1. The smallest absolute Gasteiger partial charge is 0.307 e. The predicted octanol–water partition coefficient (Wildman–Crippen LogP) is -2.10. The number of rotatable bonds is 8. The minimum atomic E-state index is -1.46. The Bertz CT molecular complexity index is 1430. The molecule has 3 N–H and O–H groups in total. The normalized spacial score (nSPS) is 19.8. The van der Waals surface area contributed by atoms with E-state index in [2.05, 4.69) is 24.9 Å². The molecule has 2 aliphatic heterocycles. The maximum atomic E-state index is 13.0. The molecule has 14 nitrogen and oxygen atoms in total. The number of carbonyl (C=O) groups excluding carboxylic acids is 3.